The van der Waals surface area contributed by atoms with Gasteiger partial charge in [0.25, 0.3) is 5.89 Å². The van der Waals surface area contributed by atoms with Gasteiger partial charge in [0.1, 0.15) is 6.10 Å². The highest BCUT2D eigenvalue weighted by molar-refractivity contribution is 5.92. The second-order valence-electron chi connectivity index (χ2n) is 4.64. The fourth-order valence-electron chi connectivity index (χ4n) is 2.17. The van der Waals surface area contributed by atoms with Crippen LogP contribution >= 0.6 is 0 Å². The molecule has 0 radical (unpaired) electrons. The van der Waals surface area contributed by atoms with Crippen LogP contribution in [0.3, 0.4) is 0 Å². The van der Waals surface area contributed by atoms with Crippen LogP contribution < -0.4 is 0 Å². The normalized spacial score (nSPS) is 12.7. The fraction of sp³-hybridized carbons (Fsp3) is 0.267. The molecule has 1 atom stereocenters. The molecule has 0 saturated carbocycles. The highest BCUT2D eigenvalue weighted by atomic mass is 16.5. The minimum atomic E-state index is -0.675. The number of hydrogen-bond donors (Lipinski definition) is 1. The number of nitrogens with zero attached hydrogens (tertiary/aromatic N) is 3. The van der Waals surface area contributed by atoms with Gasteiger partial charge in [-0.2, -0.15) is 4.98 Å². The van der Waals surface area contributed by atoms with E-state index in [0.29, 0.717) is 18.1 Å². The maximum atomic E-state index is 9.90. The topological polar surface area (TPSA) is 72.0 Å². The van der Waals surface area contributed by atoms with E-state index in [0.717, 1.165) is 22.9 Å². The quantitative estimate of drug-likeness (QED) is 0.787. The SMILES string of the molecule is CCCC(O)c1noc(-c2cccc3ncccc23)n1. The second-order valence-corrected chi connectivity index (χ2v) is 4.64. The van der Waals surface area contributed by atoms with E-state index in [1.165, 1.54) is 0 Å². The van der Waals surface area contributed by atoms with E-state index in [1.54, 1.807) is 6.20 Å². The van der Waals surface area contributed by atoms with Gasteiger partial charge in [-0.15, -0.1) is 0 Å². The van der Waals surface area contributed by atoms with Crippen molar-refractivity contribution in [3.8, 4) is 11.5 Å². The molecule has 3 aromatic rings. The smallest absolute Gasteiger partial charge is 0.258 e. The van der Waals surface area contributed by atoms with Gasteiger partial charge in [0.05, 0.1) is 5.52 Å². The van der Waals surface area contributed by atoms with Crippen LogP contribution in [0.15, 0.2) is 41.1 Å². The molecule has 0 bridgehead atoms. The van der Waals surface area contributed by atoms with E-state index in [9.17, 15) is 5.11 Å². The molecule has 0 saturated heterocycles. The number of benzene rings is 1. The van der Waals surface area contributed by atoms with Crippen molar-refractivity contribution >= 4 is 10.9 Å². The zero-order valence-corrected chi connectivity index (χ0v) is 11.2. The Balaban J connectivity index is 2.03. The van der Waals surface area contributed by atoms with E-state index in [2.05, 4.69) is 15.1 Å². The first kappa shape index (κ1) is 12.7. The van der Waals surface area contributed by atoms with Crippen LogP contribution in [-0.2, 0) is 0 Å². The van der Waals surface area contributed by atoms with Gasteiger partial charge in [0, 0.05) is 17.1 Å². The molecule has 5 heteroatoms. The van der Waals surface area contributed by atoms with E-state index in [1.807, 2.05) is 37.3 Å². The summed E-state index contributed by atoms with van der Waals surface area (Å²) in [6.45, 7) is 2.00. The van der Waals surface area contributed by atoms with Crippen molar-refractivity contribution in [1.29, 1.82) is 0 Å². The molecule has 0 aliphatic carbocycles. The molecule has 5 nitrogen and oxygen atoms in total. The van der Waals surface area contributed by atoms with E-state index >= 15 is 0 Å². The van der Waals surface area contributed by atoms with Gasteiger partial charge in [-0.25, -0.2) is 0 Å². The number of pyridine rings is 1. The molecule has 0 spiro atoms. The number of hydrogen-bond acceptors (Lipinski definition) is 5. The molecule has 0 amide bonds. The molecule has 3 rings (SSSR count). The average Bonchev–Trinajstić information content (AvgIpc) is 2.97. The molecular weight excluding hydrogens is 254 g/mol. The molecule has 1 N–H and O–H groups in total. The lowest BCUT2D eigenvalue weighted by molar-refractivity contribution is 0.153. The zero-order valence-electron chi connectivity index (χ0n) is 11.2. The fourth-order valence-corrected chi connectivity index (χ4v) is 2.17. The molecule has 20 heavy (non-hydrogen) atoms. The Morgan fingerprint density at radius 1 is 1.25 bits per heavy atom. The summed E-state index contributed by atoms with van der Waals surface area (Å²) in [4.78, 5) is 8.59. The first-order valence-electron chi connectivity index (χ1n) is 6.65. The summed E-state index contributed by atoms with van der Waals surface area (Å²) in [5.41, 5.74) is 1.71. The summed E-state index contributed by atoms with van der Waals surface area (Å²) >= 11 is 0. The van der Waals surface area contributed by atoms with Crippen LogP contribution in [0.1, 0.15) is 31.7 Å². The number of aliphatic hydroxyl groups excluding tert-OH is 1. The average molecular weight is 269 g/mol. The minimum absolute atomic E-state index is 0.336. The van der Waals surface area contributed by atoms with Crippen molar-refractivity contribution < 1.29 is 9.63 Å². The Morgan fingerprint density at radius 2 is 2.15 bits per heavy atom. The van der Waals surface area contributed by atoms with Crippen molar-refractivity contribution in [3.63, 3.8) is 0 Å². The van der Waals surface area contributed by atoms with Crippen molar-refractivity contribution in [3.05, 3.63) is 42.4 Å². The Bertz CT molecular complexity index is 718. The van der Waals surface area contributed by atoms with Crippen molar-refractivity contribution in [2.24, 2.45) is 0 Å². The number of aromatic nitrogens is 3. The Kier molecular flexibility index (Phi) is 3.43. The largest absolute Gasteiger partial charge is 0.385 e. The zero-order chi connectivity index (χ0) is 13.9. The molecule has 1 unspecified atom stereocenters. The first-order valence-corrected chi connectivity index (χ1v) is 6.65. The summed E-state index contributed by atoms with van der Waals surface area (Å²) in [7, 11) is 0. The summed E-state index contributed by atoms with van der Waals surface area (Å²) in [6, 6.07) is 9.58. The lowest BCUT2D eigenvalue weighted by atomic mass is 10.1. The molecule has 0 aliphatic rings. The third-order valence-electron chi connectivity index (χ3n) is 3.18. The van der Waals surface area contributed by atoms with Crippen LogP contribution in [0, 0.1) is 0 Å². The Hall–Kier alpha value is -2.27. The van der Waals surface area contributed by atoms with Crippen molar-refractivity contribution in [2.75, 3.05) is 0 Å². The van der Waals surface area contributed by atoms with Gasteiger partial charge in [0.15, 0.2) is 0 Å². The van der Waals surface area contributed by atoms with E-state index in [4.69, 9.17) is 4.52 Å². The molecule has 1 aromatic carbocycles. The number of rotatable bonds is 4. The van der Waals surface area contributed by atoms with E-state index in [-0.39, 0.29) is 0 Å². The molecule has 102 valence electrons. The lowest BCUT2D eigenvalue weighted by Crippen LogP contribution is -1.98. The third-order valence-corrected chi connectivity index (χ3v) is 3.18. The first-order chi connectivity index (χ1) is 9.79. The minimum Gasteiger partial charge on any atom is -0.385 e. The highest BCUT2D eigenvalue weighted by Gasteiger charge is 2.17. The van der Waals surface area contributed by atoms with Gasteiger partial charge in [-0.3, -0.25) is 4.98 Å². The highest BCUT2D eigenvalue weighted by Crippen LogP contribution is 2.27. The number of aliphatic hydroxyl groups is 1. The van der Waals surface area contributed by atoms with Crippen molar-refractivity contribution in [1.82, 2.24) is 15.1 Å². The van der Waals surface area contributed by atoms with Crippen molar-refractivity contribution in [2.45, 2.75) is 25.9 Å². The van der Waals surface area contributed by atoms with E-state index < -0.39 is 6.10 Å². The summed E-state index contributed by atoms with van der Waals surface area (Å²) in [5, 5.41) is 14.7. The molecule has 0 fully saturated rings. The molecule has 2 heterocycles. The summed E-state index contributed by atoms with van der Waals surface area (Å²) < 4.78 is 5.28. The van der Waals surface area contributed by atoms with Gasteiger partial charge in [0.2, 0.25) is 5.82 Å². The maximum absolute atomic E-state index is 9.90. The van der Waals surface area contributed by atoms with Crippen LogP contribution in [-0.4, -0.2) is 20.2 Å². The second kappa shape index (κ2) is 5.38. The van der Waals surface area contributed by atoms with Gasteiger partial charge in [-0.05, 0) is 24.6 Å². The Morgan fingerprint density at radius 3 is 3.00 bits per heavy atom. The maximum Gasteiger partial charge on any atom is 0.258 e. The van der Waals surface area contributed by atoms with Crippen LogP contribution in [0.2, 0.25) is 0 Å². The van der Waals surface area contributed by atoms with Crippen LogP contribution in [0.5, 0.6) is 0 Å². The predicted molar refractivity (Wildman–Crippen MR) is 74.9 cm³/mol. The third kappa shape index (κ3) is 2.28. The predicted octanol–water partition coefficient (Wildman–Crippen LogP) is 3.12. The van der Waals surface area contributed by atoms with Crippen LogP contribution in [0.25, 0.3) is 22.4 Å². The molecular formula is C15H15N3O2. The van der Waals surface area contributed by atoms with Gasteiger partial charge < -0.3 is 9.63 Å². The van der Waals surface area contributed by atoms with Crippen LogP contribution in [0.4, 0.5) is 0 Å². The monoisotopic (exact) mass is 269 g/mol. The van der Waals surface area contributed by atoms with Gasteiger partial charge >= 0.3 is 0 Å². The number of fused-ring (bicyclic) bond motifs is 1. The summed E-state index contributed by atoms with van der Waals surface area (Å²) in [6.07, 6.45) is 2.56. The standard InChI is InChI=1S/C15H15N3O2/c1-2-5-13(19)14-17-15(20-18-14)11-6-3-8-12-10(11)7-4-9-16-12/h3-4,6-9,13,19H,2,5H2,1H3. The lowest BCUT2D eigenvalue weighted by Gasteiger charge is -2.02. The summed E-state index contributed by atoms with van der Waals surface area (Å²) in [5.74, 6) is 0.747. The van der Waals surface area contributed by atoms with Gasteiger partial charge in [-0.1, -0.05) is 30.6 Å². The Labute approximate surface area is 116 Å². The molecule has 0 aliphatic heterocycles. The molecule has 2 aromatic heterocycles.